The third-order valence-corrected chi connectivity index (χ3v) is 5.86. The molecule has 10 heteroatoms. The highest BCUT2D eigenvalue weighted by molar-refractivity contribution is 7.90. The van der Waals surface area contributed by atoms with Gasteiger partial charge >= 0.3 is 15.5 Å². The maximum atomic E-state index is 12.6. The third-order valence-electron chi connectivity index (χ3n) is 4.23. The molecule has 1 fully saturated rings. The molecule has 1 heterocycles. The number of guanidine groups is 1. The summed E-state index contributed by atoms with van der Waals surface area (Å²) in [6.45, 7) is 10.1. The molecule has 1 rings (SSSR count). The van der Waals surface area contributed by atoms with Gasteiger partial charge in [0.25, 0.3) is 0 Å². The van der Waals surface area contributed by atoms with Crippen LogP contribution in [0.25, 0.3) is 0 Å². The fourth-order valence-electron chi connectivity index (χ4n) is 2.60. The number of halogens is 3. The Bertz CT molecular complexity index is 563. The first-order valence-electron chi connectivity index (χ1n) is 8.95. The molecule has 0 saturated carbocycles. The molecule has 26 heavy (non-hydrogen) atoms. The van der Waals surface area contributed by atoms with Crippen LogP contribution in [0.2, 0.25) is 0 Å². The van der Waals surface area contributed by atoms with E-state index in [0.717, 1.165) is 13.0 Å². The maximum absolute atomic E-state index is 12.6. The molecule has 0 unspecified atom stereocenters. The molecule has 0 atom stereocenters. The van der Waals surface area contributed by atoms with Gasteiger partial charge in [0, 0.05) is 32.7 Å². The van der Waals surface area contributed by atoms with Gasteiger partial charge in [-0.3, -0.25) is 4.99 Å². The maximum Gasteiger partial charge on any atom is 0.511 e. The lowest BCUT2D eigenvalue weighted by Gasteiger charge is -2.31. The van der Waals surface area contributed by atoms with Crippen molar-refractivity contribution in [3.05, 3.63) is 0 Å². The SMILES string of the molecule is CCNC(=NCC1CCN(S(=O)(=O)C(F)(F)F)CC1)NCCC(C)(C)C. The van der Waals surface area contributed by atoms with Gasteiger partial charge in [0.1, 0.15) is 0 Å². The van der Waals surface area contributed by atoms with E-state index in [9.17, 15) is 21.6 Å². The summed E-state index contributed by atoms with van der Waals surface area (Å²) in [6.07, 6.45) is 1.73. The molecule has 1 aliphatic heterocycles. The summed E-state index contributed by atoms with van der Waals surface area (Å²) in [7, 11) is -5.22. The lowest BCUT2D eigenvalue weighted by atomic mass is 9.92. The van der Waals surface area contributed by atoms with E-state index in [4.69, 9.17) is 0 Å². The molecule has 0 bridgehead atoms. The van der Waals surface area contributed by atoms with Gasteiger partial charge in [0.2, 0.25) is 0 Å². The minimum absolute atomic E-state index is 0.0766. The van der Waals surface area contributed by atoms with Crippen molar-refractivity contribution < 1.29 is 21.6 Å². The van der Waals surface area contributed by atoms with Crippen LogP contribution in [0, 0.1) is 11.3 Å². The molecule has 0 amide bonds. The second-order valence-electron chi connectivity index (χ2n) is 7.75. The second-order valence-corrected chi connectivity index (χ2v) is 9.68. The molecule has 0 aromatic carbocycles. The van der Waals surface area contributed by atoms with Gasteiger partial charge in [0.15, 0.2) is 5.96 Å². The van der Waals surface area contributed by atoms with Crippen LogP contribution in [-0.2, 0) is 10.0 Å². The molecule has 0 aromatic heterocycles. The third kappa shape index (κ3) is 7.30. The lowest BCUT2D eigenvalue weighted by molar-refractivity contribution is -0.0496. The molecule has 0 aromatic rings. The van der Waals surface area contributed by atoms with Crippen LogP contribution in [0.1, 0.15) is 47.0 Å². The van der Waals surface area contributed by atoms with Crippen molar-refractivity contribution in [3.63, 3.8) is 0 Å². The molecule has 2 N–H and O–H groups in total. The number of nitrogens with one attached hydrogen (secondary N) is 2. The zero-order chi connectivity index (χ0) is 20.0. The standard InChI is InChI=1S/C16H31F3N4O2S/c1-5-20-14(21-9-8-15(2,3)4)22-12-13-6-10-23(11-7-13)26(24,25)16(17,18)19/h13H,5-12H2,1-4H3,(H2,20,21,22). The largest absolute Gasteiger partial charge is 0.511 e. The Morgan fingerprint density at radius 1 is 1.15 bits per heavy atom. The monoisotopic (exact) mass is 400 g/mol. The summed E-state index contributed by atoms with van der Waals surface area (Å²) < 4.78 is 61.1. The Morgan fingerprint density at radius 2 is 1.73 bits per heavy atom. The first kappa shape index (κ1) is 23.0. The van der Waals surface area contributed by atoms with E-state index in [2.05, 4.69) is 36.4 Å². The molecule has 1 saturated heterocycles. The molecular formula is C16H31F3N4O2S. The van der Waals surface area contributed by atoms with Crippen LogP contribution in [0.3, 0.4) is 0 Å². The summed E-state index contributed by atoms with van der Waals surface area (Å²) in [5, 5.41) is 6.40. The second kappa shape index (κ2) is 9.25. The Morgan fingerprint density at radius 3 is 2.19 bits per heavy atom. The average Bonchev–Trinajstić information content (AvgIpc) is 2.50. The Kier molecular flexibility index (Phi) is 8.19. The minimum atomic E-state index is -5.23. The lowest BCUT2D eigenvalue weighted by Crippen LogP contribution is -2.45. The van der Waals surface area contributed by atoms with Crippen molar-refractivity contribution in [2.45, 2.75) is 52.5 Å². The quantitative estimate of drug-likeness (QED) is 0.531. The number of sulfonamides is 1. The van der Waals surface area contributed by atoms with Gasteiger partial charge in [-0.2, -0.15) is 17.5 Å². The van der Waals surface area contributed by atoms with Crippen LogP contribution in [0.15, 0.2) is 4.99 Å². The van der Waals surface area contributed by atoms with Crippen LogP contribution < -0.4 is 10.6 Å². The van der Waals surface area contributed by atoms with E-state index in [1.165, 1.54) is 0 Å². The number of hydrogen-bond donors (Lipinski definition) is 2. The molecule has 0 aliphatic carbocycles. The Balaban J connectivity index is 2.52. The highest BCUT2D eigenvalue weighted by Crippen LogP contribution is 2.30. The molecule has 0 spiro atoms. The fraction of sp³-hybridized carbons (Fsp3) is 0.938. The van der Waals surface area contributed by atoms with Crippen LogP contribution in [0.4, 0.5) is 13.2 Å². The zero-order valence-corrected chi connectivity index (χ0v) is 16.8. The van der Waals surface area contributed by atoms with Gasteiger partial charge in [-0.15, -0.1) is 0 Å². The first-order valence-corrected chi connectivity index (χ1v) is 10.4. The smallest absolute Gasteiger partial charge is 0.357 e. The van der Waals surface area contributed by atoms with E-state index in [1.807, 2.05) is 6.92 Å². The van der Waals surface area contributed by atoms with Crippen LogP contribution in [-0.4, -0.2) is 56.9 Å². The zero-order valence-electron chi connectivity index (χ0n) is 16.0. The average molecular weight is 401 g/mol. The van der Waals surface area contributed by atoms with Gasteiger partial charge < -0.3 is 10.6 Å². The number of rotatable bonds is 6. The summed E-state index contributed by atoms with van der Waals surface area (Å²) in [5.41, 5.74) is -5.02. The van der Waals surface area contributed by atoms with E-state index in [-0.39, 0.29) is 24.4 Å². The predicted octanol–water partition coefficient (Wildman–Crippen LogP) is 2.54. The van der Waals surface area contributed by atoms with E-state index in [1.54, 1.807) is 0 Å². The summed E-state index contributed by atoms with van der Waals surface area (Å²) >= 11 is 0. The van der Waals surface area contributed by atoms with E-state index in [0.29, 0.717) is 36.2 Å². The summed E-state index contributed by atoms with van der Waals surface area (Å²) in [6, 6.07) is 0. The highest BCUT2D eigenvalue weighted by Gasteiger charge is 2.50. The van der Waals surface area contributed by atoms with Gasteiger partial charge in [-0.1, -0.05) is 20.8 Å². The Labute approximate surface area is 154 Å². The van der Waals surface area contributed by atoms with Crippen molar-refractivity contribution in [1.82, 2.24) is 14.9 Å². The van der Waals surface area contributed by atoms with Crippen molar-refractivity contribution in [2.24, 2.45) is 16.3 Å². The van der Waals surface area contributed by atoms with Crippen LogP contribution >= 0.6 is 0 Å². The predicted molar refractivity (Wildman–Crippen MR) is 97.3 cm³/mol. The normalized spacial score (nSPS) is 18.8. The van der Waals surface area contributed by atoms with Gasteiger partial charge in [-0.25, -0.2) is 8.42 Å². The van der Waals surface area contributed by atoms with Gasteiger partial charge in [-0.05, 0) is 37.5 Å². The highest BCUT2D eigenvalue weighted by atomic mass is 32.2. The minimum Gasteiger partial charge on any atom is -0.357 e. The molecule has 0 radical (unpaired) electrons. The van der Waals surface area contributed by atoms with Crippen molar-refractivity contribution in [2.75, 3.05) is 32.7 Å². The van der Waals surface area contributed by atoms with Crippen molar-refractivity contribution in [3.8, 4) is 0 Å². The van der Waals surface area contributed by atoms with Crippen molar-refractivity contribution in [1.29, 1.82) is 0 Å². The molecule has 1 aliphatic rings. The first-order chi connectivity index (χ1) is 11.9. The fourth-order valence-corrected chi connectivity index (χ4v) is 3.58. The Hall–Kier alpha value is -1.03. The number of piperidine rings is 1. The van der Waals surface area contributed by atoms with Crippen LogP contribution in [0.5, 0.6) is 0 Å². The van der Waals surface area contributed by atoms with Crippen molar-refractivity contribution >= 4 is 16.0 Å². The summed E-state index contributed by atoms with van der Waals surface area (Å²) in [5.74, 6) is 0.759. The van der Waals surface area contributed by atoms with E-state index >= 15 is 0 Å². The topological polar surface area (TPSA) is 73.8 Å². The van der Waals surface area contributed by atoms with E-state index < -0.39 is 15.5 Å². The number of hydrogen-bond acceptors (Lipinski definition) is 3. The molecular weight excluding hydrogens is 369 g/mol. The number of nitrogens with zero attached hydrogens (tertiary/aromatic N) is 2. The van der Waals surface area contributed by atoms with Gasteiger partial charge in [0.05, 0.1) is 0 Å². The molecule has 6 nitrogen and oxygen atoms in total. The molecule has 154 valence electrons. The number of alkyl halides is 3. The summed E-state index contributed by atoms with van der Waals surface area (Å²) in [4.78, 5) is 4.50. The number of aliphatic imine (C=N–C) groups is 1.